The molecule has 0 bridgehead atoms. The summed E-state index contributed by atoms with van der Waals surface area (Å²) in [5, 5.41) is 14.4. The normalized spacial score (nSPS) is 12.3. The van der Waals surface area contributed by atoms with Gasteiger partial charge in [0.25, 0.3) is 0 Å². The quantitative estimate of drug-likeness (QED) is 0.511. The number of para-hydroxylation sites is 2. The van der Waals surface area contributed by atoms with Crippen LogP contribution in [-0.2, 0) is 13.2 Å². The number of rotatable bonds is 11. The molecular weight excluding hydrogens is 380 g/mol. The lowest BCUT2D eigenvalue weighted by atomic mass is 10.1. The molecule has 0 unspecified atom stereocenters. The van der Waals surface area contributed by atoms with E-state index >= 15 is 0 Å². The number of ether oxygens (including phenoxy) is 2. The molecule has 0 amide bonds. The van der Waals surface area contributed by atoms with Gasteiger partial charge >= 0.3 is 0 Å². The van der Waals surface area contributed by atoms with Crippen LogP contribution in [0.15, 0.2) is 65.2 Å². The van der Waals surface area contributed by atoms with Crippen LogP contribution in [-0.4, -0.2) is 40.5 Å². The third-order valence-electron chi connectivity index (χ3n) is 4.73. The molecule has 0 aliphatic heterocycles. The summed E-state index contributed by atoms with van der Waals surface area (Å²) in [6.45, 7) is 7.87. The number of aliphatic hydroxyl groups is 1. The highest BCUT2D eigenvalue weighted by molar-refractivity contribution is 5.39. The summed E-state index contributed by atoms with van der Waals surface area (Å²) in [7, 11) is 0. The molecule has 0 radical (unpaired) electrons. The zero-order valence-electron chi connectivity index (χ0n) is 17.8. The van der Waals surface area contributed by atoms with Gasteiger partial charge in [0, 0.05) is 25.2 Å². The van der Waals surface area contributed by atoms with Crippen molar-refractivity contribution >= 4 is 0 Å². The summed E-state index contributed by atoms with van der Waals surface area (Å²) < 4.78 is 16.9. The van der Waals surface area contributed by atoms with Crippen LogP contribution in [0.2, 0.25) is 0 Å². The first kappa shape index (κ1) is 21.9. The van der Waals surface area contributed by atoms with Crippen LogP contribution in [0.4, 0.5) is 0 Å². The second-order valence-corrected chi connectivity index (χ2v) is 7.64. The Labute approximate surface area is 178 Å². The van der Waals surface area contributed by atoms with Gasteiger partial charge in [0.05, 0.1) is 5.69 Å². The Kier molecular flexibility index (Phi) is 7.88. The first-order valence-electron chi connectivity index (χ1n) is 10.2. The Hall–Kier alpha value is -2.83. The van der Waals surface area contributed by atoms with E-state index in [1.807, 2.05) is 55.5 Å². The molecule has 0 spiro atoms. The average Bonchev–Trinajstić information content (AvgIpc) is 3.16. The number of hydrogen-bond donors (Lipinski definition) is 1. The van der Waals surface area contributed by atoms with Crippen LogP contribution in [0.1, 0.15) is 30.9 Å². The summed E-state index contributed by atoms with van der Waals surface area (Å²) in [6, 6.07) is 19.8. The van der Waals surface area contributed by atoms with E-state index in [0.717, 1.165) is 12.2 Å². The maximum Gasteiger partial charge on any atom is 0.174 e. The summed E-state index contributed by atoms with van der Waals surface area (Å²) in [5.41, 5.74) is 2.03. The molecule has 1 atom stereocenters. The van der Waals surface area contributed by atoms with Gasteiger partial charge in [-0.15, -0.1) is 0 Å². The molecule has 1 N–H and O–H groups in total. The van der Waals surface area contributed by atoms with Crippen molar-refractivity contribution in [1.82, 2.24) is 10.1 Å². The van der Waals surface area contributed by atoms with Gasteiger partial charge in [-0.3, -0.25) is 4.90 Å². The second kappa shape index (κ2) is 10.8. The first-order valence-corrected chi connectivity index (χ1v) is 10.2. The lowest BCUT2D eigenvalue weighted by Gasteiger charge is -2.29. The maximum absolute atomic E-state index is 10.6. The molecule has 3 rings (SSSR count). The van der Waals surface area contributed by atoms with E-state index in [4.69, 9.17) is 14.0 Å². The second-order valence-electron chi connectivity index (χ2n) is 7.64. The molecule has 160 valence electrons. The van der Waals surface area contributed by atoms with Crippen molar-refractivity contribution in [2.75, 3.05) is 13.2 Å². The summed E-state index contributed by atoms with van der Waals surface area (Å²) >= 11 is 0. The van der Waals surface area contributed by atoms with E-state index in [9.17, 15) is 5.11 Å². The van der Waals surface area contributed by atoms with Crippen molar-refractivity contribution in [3.05, 3.63) is 77.7 Å². The largest absolute Gasteiger partial charge is 0.487 e. The molecule has 0 aliphatic rings. The highest BCUT2D eigenvalue weighted by atomic mass is 16.5. The van der Waals surface area contributed by atoms with E-state index in [1.54, 1.807) is 0 Å². The molecule has 0 saturated carbocycles. The molecule has 3 aromatic rings. The van der Waals surface area contributed by atoms with Crippen LogP contribution < -0.4 is 9.47 Å². The van der Waals surface area contributed by atoms with Crippen molar-refractivity contribution < 1.29 is 19.1 Å². The third-order valence-corrected chi connectivity index (χ3v) is 4.73. The number of hydrogen-bond acceptors (Lipinski definition) is 6. The fourth-order valence-corrected chi connectivity index (χ4v) is 3.11. The fourth-order valence-electron chi connectivity index (χ4n) is 3.11. The van der Waals surface area contributed by atoms with Gasteiger partial charge in [0.2, 0.25) is 0 Å². The molecule has 6 heteroatoms. The topological polar surface area (TPSA) is 68.0 Å². The zero-order chi connectivity index (χ0) is 21.3. The zero-order valence-corrected chi connectivity index (χ0v) is 17.8. The Morgan fingerprint density at radius 1 is 1.00 bits per heavy atom. The average molecular weight is 411 g/mol. The Balaban J connectivity index is 1.53. The lowest BCUT2D eigenvalue weighted by Crippen LogP contribution is -2.39. The molecule has 30 heavy (non-hydrogen) atoms. The van der Waals surface area contributed by atoms with E-state index in [1.165, 1.54) is 5.56 Å². The third kappa shape index (κ3) is 6.61. The lowest BCUT2D eigenvalue weighted by molar-refractivity contribution is 0.0531. The maximum atomic E-state index is 10.6. The van der Waals surface area contributed by atoms with Crippen molar-refractivity contribution in [3.63, 3.8) is 0 Å². The van der Waals surface area contributed by atoms with Crippen LogP contribution in [0.5, 0.6) is 11.5 Å². The monoisotopic (exact) mass is 410 g/mol. The van der Waals surface area contributed by atoms with Gasteiger partial charge in [0.15, 0.2) is 17.3 Å². The SMILES string of the molecule is Cc1cc(COc2ccccc2OC[C@H](O)CN(Cc2ccccc2)C(C)C)on1. The van der Waals surface area contributed by atoms with Crippen molar-refractivity contribution in [2.24, 2.45) is 0 Å². The molecule has 0 fully saturated rings. The summed E-state index contributed by atoms with van der Waals surface area (Å²) in [5.74, 6) is 1.84. The van der Waals surface area contributed by atoms with Gasteiger partial charge in [0.1, 0.15) is 19.3 Å². The minimum atomic E-state index is -0.624. The Bertz CT molecular complexity index is 895. The number of benzene rings is 2. The predicted octanol–water partition coefficient (Wildman–Crippen LogP) is 4.21. The van der Waals surface area contributed by atoms with E-state index in [0.29, 0.717) is 29.8 Å². The number of aromatic nitrogens is 1. The standard InChI is InChI=1S/C24H30N2O4/c1-18(2)26(14-20-9-5-4-6-10-20)15-21(27)16-28-23-11-7-8-12-24(23)29-17-22-13-19(3)25-30-22/h4-13,18,21,27H,14-17H2,1-3H3/t21-/m1/s1. The van der Waals surface area contributed by atoms with Crippen LogP contribution in [0.25, 0.3) is 0 Å². The Morgan fingerprint density at radius 2 is 1.67 bits per heavy atom. The van der Waals surface area contributed by atoms with Crippen LogP contribution in [0.3, 0.4) is 0 Å². The minimum Gasteiger partial charge on any atom is -0.487 e. The number of aryl methyl sites for hydroxylation is 1. The molecule has 0 saturated heterocycles. The minimum absolute atomic E-state index is 0.180. The van der Waals surface area contributed by atoms with Gasteiger partial charge < -0.3 is 19.1 Å². The smallest absolute Gasteiger partial charge is 0.174 e. The fraction of sp³-hybridized carbons (Fsp3) is 0.375. The molecule has 6 nitrogen and oxygen atoms in total. The highest BCUT2D eigenvalue weighted by Gasteiger charge is 2.17. The van der Waals surface area contributed by atoms with Crippen molar-refractivity contribution in [1.29, 1.82) is 0 Å². The molecule has 1 aromatic heterocycles. The van der Waals surface area contributed by atoms with Gasteiger partial charge in [-0.2, -0.15) is 0 Å². The van der Waals surface area contributed by atoms with E-state index < -0.39 is 6.10 Å². The molecular formula is C24H30N2O4. The Morgan fingerprint density at radius 3 is 2.30 bits per heavy atom. The summed E-state index contributed by atoms with van der Waals surface area (Å²) in [4.78, 5) is 2.23. The highest BCUT2D eigenvalue weighted by Crippen LogP contribution is 2.27. The summed E-state index contributed by atoms with van der Waals surface area (Å²) in [6.07, 6.45) is -0.624. The first-order chi connectivity index (χ1) is 14.5. The molecule has 2 aromatic carbocycles. The van der Waals surface area contributed by atoms with Crippen LogP contribution in [0, 0.1) is 6.92 Å². The van der Waals surface area contributed by atoms with Crippen molar-refractivity contribution in [3.8, 4) is 11.5 Å². The molecule has 1 heterocycles. The van der Waals surface area contributed by atoms with Gasteiger partial charge in [-0.05, 0) is 38.5 Å². The van der Waals surface area contributed by atoms with Crippen LogP contribution >= 0.6 is 0 Å². The predicted molar refractivity (Wildman–Crippen MR) is 116 cm³/mol. The van der Waals surface area contributed by atoms with Gasteiger partial charge in [-0.1, -0.05) is 47.6 Å². The number of aliphatic hydroxyl groups excluding tert-OH is 1. The molecule has 0 aliphatic carbocycles. The number of nitrogens with zero attached hydrogens (tertiary/aromatic N) is 2. The van der Waals surface area contributed by atoms with Gasteiger partial charge in [-0.25, -0.2) is 0 Å². The van der Waals surface area contributed by atoms with E-state index in [-0.39, 0.29) is 13.2 Å². The van der Waals surface area contributed by atoms with E-state index in [2.05, 4.69) is 36.0 Å². The van der Waals surface area contributed by atoms with Crippen molar-refractivity contribution in [2.45, 2.75) is 46.1 Å².